The minimum Gasteiger partial charge on any atom is -0.306 e. The van der Waals surface area contributed by atoms with E-state index in [4.69, 9.17) is 4.55 Å². The second-order valence-corrected chi connectivity index (χ2v) is 12.7. The average molecular weight is 554 g/mol. The lowest BCUT2D eigenvalue weighted by Crippen LogP contribution is -2.20. The van der Waals surface area contributed by atoms with Gasteiger partial charge in [-0.15, -0.1) is 0 Å². The van der Waals surface area contributed by atoms with Crippen molar-refractivity contribution in [1.82, 2.24) is 4.90 Å². The lowest BCUT2D eigenvalue weighted by molar-refractivity contribution is 0.314. The summed E-state index contributed by atoms with van der Waals surface area (Å²) in [6, 6.07) is 5.99. The van der Waals surface area contributed by atoms with Crippen LogP contribution in [0.5, 0.6) is 0 Å². The van der Waals surface area contributed by atoms with Gasteiger partial charge in [0.15, 0.2) is 0 Å². The summed E-state index contributed by atoms with van der Waals surface area (Å²) in [5, 5.41) is 0. The van der Waals surface area contributed by atoms with Gasteiger partial charge >= 0.3 is 0 Å². The summed E-state index contributed by atoms with van der Waals surface area (Å²) in [6.45, 7) is 9.07. The van der Waals surface area contributed by atoms with Gasteiger partial charge in [0.2, 0.25) is 0 Å². The first kappa shape index (κ1) is 37.1. The third kappa shape index (κ3) is 25.4. The van der Waals surface area contributed by atoms with Crippen molar-refractivity contribution in [3.63, 3.8) is 0 Å². The fourth-order valence-electron chi connectivity index (χ4n) is 4.74. The van der Waals surface area contributed by atoms with Crippen LogP contribution in [-0.4, -0.2) is 38.0 Å². The van der Waals surface area contributed by atoms with Crippen molar-refractivity contribution in [2.45, 2.75) is 161 Å². The minimum absolute atomic E-state index is 0.0666. The standard InChI is InChI=1S/C26H55N.C7H8O3S/c1-4-6-8-10-12-14-16-18-20-22-24-26-27(3)25-23-21-19-17-15-13-11-9-7-5-2;1-6-2-4-7(5-3-6)11(8,9)10/h4-26H2,1-3H3;2-5H,1H3,(H,8,9,10). The van der Waals surface area contributed by atoms with Crippen LogP contribution in [0.1, 0.15) is 154 Å². The number of rotatable bonds is 24. The molecule has 1 rings (SSSR count). The van der Waals surface area contributed by atoms with E-state index in [1.165, 1.54) is 160 Å². The Kier molecular flexibility index (Phi) is 25.7. The second-order valence-electron chi connectivity index (χ2n) is 11.3. The van der Waals surface area contributed by atoms with Gasteiger partial charge in [0.05, 0.1) is 4.90 Å². The zero-order valence-corrected chi connectivity index (χ0v) is 26.5. The molecular formula is C33H63NO3S. The number of aryl methyl sites for hydroxylation is 1. The van der Waals surface area contributed by atoms with Crippen LogP contribution < -0.4 is 0 Å². The molecule has 0 aliphatic carbocycles. The molecule has 0 unspecified atom stereocenters. The highest BCUT2D eigenvalue weighted by molar-refractivity contribution is 7.85. The van der Waals surface area contributed by atoms with E-state index in [1.54, 1.807) is 12.1 Å². The quantitative estimate of drug-likeness (QED) is 0.102. The van der Waals surface area contributed by atoms with Gasteiger partial charge < -0.3 is 4.90 Å². The van der Waals surface area contributed by atoms with Gasteiger partial charge in [-0.05, 0) is 52.0 Å². The number of hydrogen-bond donors (Lipinski definition) is 1. The molecule has 1 N–H and O–H groups in total. The molecule has 0 amide bonds. The van der Waals surface area contributed by atoms with Crippen molar-refractivity contribution in [1.29, 1.82) is 0 Å². The van der Waals surface area contributed by atoms with E-state index >= 15 is 0 Å². The first-order chi connectivity index (χ1) is 18.3. The molecule has 0 atom stereocenters. The highest BCUT2D eigenvalue weighted by Crippen LogP contribution is 2.13. The summed E-state index contributed by atoms with van der Waals surface area (Å²) in [6.07, 6.45) is 30.4. The Morgan fingerprint density at radius 3 is 1.13 bits per heavy atom. The predicted molar refractivity (Wildman–Crippen MR) is 167 cm³/mol. The Bertz CT molecular complexity index is 718. The van der Waals surface area contributed by atoms with E-state index < -0.39 is 10.1 Å². The van der Waals surface area contributed by atoms with E-state index in [0.717, 1.165) is 5.56 Å². The molecule has 224 valence electrons. The molecule has 0 saturated heterocycles. The third-order valence-corrected chi connectivity index (χ3v) is 8.22. The van der Waals surface area contributed by atoms with Gasteiger partial charge in [-0.3, -0.25) is 4.55 Å². The molecule has 38 heavy (non-hydrogen) atoms. The maximum absolute atomic E-state index is 10.5. The highest BCUT2D eigenvalue weighted by Gasteiger charge is 2.06. The molecule has 0 spiro atoms. The van der Waals surface area contributed by atoms with Crippen molar-refractivity contribution >= 4 is 10.1 Å². The normalized spacial score (nSPS) is 11.5. The molecule has 4 nitrogen and oxygen atoms in total. The molecule has 0 saturated carbocycles. The zero-order valence-electron chi connectivity index (χ0n) is 25.7. The Balaban J connectivity index is 0.00000103. The monoisotopic (exact) mass is 553 g/mol. The molecule has 0 radical (unpaired) electrons. The number of hydrogen-bond acceptors (Lipinski definition) is 3. The molecule has 5 heteroatoms. The summed E-state index contributed by atoms with van der Waals surface area (Å²) in [4.78, 5) is 2.50. The number of benzene rings is 1. The predicted octanol–water partition coefficient (Wildman–Crippen LogP) is 10.4. The maximum atomic E-state index is 10.5. The van der Waals surface area contributed by atoms with Gasteiger partial charge in [-0.25, -0.2) is 0 Å². The maximum Gasteiger partial charge on any atom is 0.294 e. The SMILES string of the molecule is CCCCCCCCCCCCCN(C)CCCCCCCCCCCC.Cc1ccc(S(=O)(=O)O)cc1. The van der Waals surface area contributed by atoms with Crippen molar-refractivity contribution < 1.29 is 13.0 Å². The van der Waals surface area contributed by atoms with E-state index in [1.807, 2.05) is 6.92 Å². The van der Waals surface area contributed by atoms with E-state index in [9.17, 15) is 8.42 Å². The largest absolute Gasteiger partial charge is 0.306 e. The van der Waals surface area contributed by atoms with Crippen LogP contribution in [0.25, 0.3) is 0 Å². The topological polar surface area (TPSA) is 57.6 Å². The van der Waals surface area contributed by atoms with Crippen LogP contribution in [0.15, 0.2) is 29.2 Å². The number of nitrogens with zero attached hydrogens (tertiary/aromatic N) is 1. The van der Waals surface area contributed by atoms with Gasteiger partial charge in [0.1, 0.15) is 0 Å². The van der Waals surface area contributed by atoms with Crippen LogP contribution >= 0.6 is 0 Å². The molecule has 0 bridgehead atoms. The summed E-state index contributed by atoms with van der Waals surface area (Å²) >= 11 is 0. The second kappa shape index (κ2) is 26.3. The van der Waals surface area contributed by atoms with Crippen LogP contribution in [0.2, 0.25) is 0 Å². The minimum atomic E-state index is -4.02. The summed E-state index contributed by atoms with van der Waals surface area (Å²) in [5.74, 6) is 0. The molecular weight excluding hydrogens is 490 g/mol. The van der Waals surface area contributed by atoms with Crippen LogP contribution in [0.3, 0.4) is 0 Å². The van der Waals surface area contributed by atoms with Gasteiger partial charge in [0, 0.05) is 0 Å². The molecule has 0 heterocycles. The molecule has 1 aromatic carbocycles. The van der Waals surface area contributed by atoms with Crippen LogP contribution in [0.4, 0.5) is 0 Å². The third-order valence-electron chi connectivity index (χ3n) is 7.36. The fourth-order valence-corrected chi connectivity index (χ4v) is 5.22. The van der Waals surface area contributed by atoms with Crippen molar-refractivity contribution in [3.05, 3.63) is 29.8 Å². The van der Waals surface area contributed by atoms with Gasteiger partial charge in [-0.2, -0.15) is 8.42 Å². The summed E-state index contributed by atoms with van der Waals surface area (Å²) < 4.78 is 29.6. The molecule has 0 aliphatic rings. The molecule has 0 fully saturated rings. The first-order valence-corrected chi connectivity index (χ1v) is 17.5. The van der Waals surface area contributed by atoms with E-state index in [2.05, 4.69) is 25.8 Å². The van der Waals surface area contributed by atoms with Gasteiger partial charge in [0.25, 0.3) is 10.1 Å². The van der Waals surface area contributed by atoms with Crippen molar-refractivity contribution in [2.75, 3.05) is 20.1 Å². The Hall–Kier alpha value is -0.910. The summed E-state index contributed by atoms with van der Waals surface area (Å²) in [7, 11) is -1.70. The smallest absolute Gasteiger partial charge is 0.294 e. The molecule has 1 aromatic rings. The zero-order chi connectivity index (χ0) is 28.3. The lowest BCUT2D eigenvalue weighted by atomic mass is 10.1. The Morgan fingerprint density at radius 1 is 0.553 bits per heavy atom. The van der Waals surface area contributed by atoms with Crippen molar-refractivity contribution in [2.24, 2.45) is 0 Å². The lowest BCUT2D eigenvalue weighted by Gasteiger charge is -2.16. The Morgan fingerprint density at radius 2 is 0.842 bits per heavy atom. The van der Waals surface area contributed by atoms with Crippen LogP contribution in [-0.2, 0) is 10.1 Å². The van der Waals surface area contributed by atoms with Gasteiger partial charge in [-0.1, -0.05) is 154 Å². The van der Waals surface area contributed by atoms with Crippen LogP contribution in [0, 0.1) is 6.92 Å². The average Bonchev–Trinajstić information content (AvgIpc) is 2.88. The van der Waals surface area contributed by atoms with E-state index in [-0.39, 0.29) is 4.90 Å². The van der Waals surface area contributed by atoms with Crippen molar-refractivity contribution in [3.8, 4) is 0 Å². The summed E-state index contributed by atoms with van der Waals surface area (Å²) in [5.41, 5.74) is 0.956. The fraction of sp³-hybridized carbons (Fsp3) is 0.818. The first-order valence-electron chi connectivity index (χ1n) is 16.0. The van der Waals surface area contributed by atoms with E-state index in [0.29, 0.717) is 0 Å². The highest BCUT2D eigenvalue weighted by atomic mass is 32.2. The Labute approximate surface area is 238 Å². The molecule has 0 aromatic heterocycles. The number of unbranched alkanes of at least 4 members (excludes halogenated alkanes) is 19. The molecule has 0 aliphatic heterocycles.